The van der Waals surface area contributed by atoms with Crippen LogP contribution in [0.5, 0.6) is 0 Å². The molecule has 0 radical (unpaired) electrons. The number of halogens is 1. The lowest BCUT2D eigenvalue weighted by Crippen LogP contribution is -2.31. The topological polar surface area (TPSA) is 77.6 Å². The van der Waals surface area contributed by atoms with E-state index in [1.807, 2.05) is 61.2 Å². The molecule has 4 aromatic rings. The highest BCUT2D eigenvalue weighted by Gasteiger charge is 2.18. The molecule has 0 fully saturated rings. The summed E-state index contributed by atoms with van der Waals surface area (Å²) in [6.45, 7) is 8.52. The second-order valence-electron chi connectivity index (χ2n) is 7.89. The van der Waals surface area contributed by atoms with Crippen molar-refractivity contribution in [1.82, 2.24) is 29.9 Å². The van der Waals surface area contributed by atoms with Gasteiger partial charge in [-0.15, -0.1) is 10.2 Å². The maximum atomic E-state index is 13.0. The predicted molar refractivity (Wildman–Crippen MR) is 135 cm³/mol. The quantitative estimate of drug-likeness (QED) is 0.356. The number of nitrogens with one attached hydrogen (secondary N) is 1. The summed E-state index contributed by atoms with van der Waals surface area (Å²) in [5, 5.41) is 16.7. The molecular weight excluding hydrogens is 448 g/mol. The SMILES string of the molecule is C=C(/C=C\C=C/C)[C@H](CNC(=O)c1ccc(-n2cnnc2)cc1Cl)n1cc2cc(C)ccc2n1. The van der Waals surface area contributed by atoms with Crippen molar-refractivity contribution in [2.24, 2.45) is 0 Å². The molecule has 2 aromatic heterocycles. The van der Waals surface area contributed by atoms with E-state index in [1.54, 1.807) is 35.4 Å². The Morgan fingerprint density at radius 1 is 1.18 bits per heavy atom. The van der Waals surface area contributed by atoms with E-state index in [2.05, 4.69) is 28.2 Å². The van der Waals surface area contributed by atoms with Crippen LogP contribution in [0.2, 0.25) is 5.02 Å². The minimum Gasteiger partial charge on any atom is -0.349 e. The number of amides is 1. The number of aromatic nitrogens is 5. The zero-order valence-electron chi connectivity index (χ0n) is 19.0. The van der Waals surface area contributed by atoms with Crippen molar-refractivity contribution in [1.29, 1.82) is 0 Å². The molecule has 1 atom stereocenters. The van der Waals surface area contributed by atoms with Crippen molar-refractivity contribution in [2.45, 2.75) is 19.9 Å². The van der Waals surface area contributed by atoms with E-state index in [1.165, 1.54) is 0 Å². The number of nitrogens with zero attached hydrogens (tertiary/aromatic N) is 5. The van der Waals surface area contributed by atoms with E-state index in [0.717, 1.165) is 27.7 Å². The first-order valence-electron chi connectivity index (χ1n) is 10.8. The maximum absolute atomic E-state index is 13.0. The minimum atomic E-state index is -0.275. The van der Waals surface area contributed by atoms with Gasteiger partial charge in [-0.3, -0.25) is 14.0 Å². The smallest absolute Gasteiger partial charge is 0.252 e. The van der Waals surface area contributed by atoms with Crippen molar-refractivity contribution < 1.29 is 4.79 Å². The van der Waals surface area contributed by atoms with Gasteiger partial charge in [-0.2, -0.15) is 5.10 Å². The highest BCUT2D eigenvalue weighted by molar-refractivity contribution is 6.34. The summed E-state index contributed by atoms with van der Waals surface area (Å²) >= 11 is 6.42. The van der Waals surface area contributed by atoms with Gasteiger partial charge >= 0.3 is 0 Å². The monoisotopic (exact) mass is 472 g/mol. The summed E-state index contributed by atoms with van der Waals surface area (Å²) in [6, 6.07) is 11.0. The Balaban J connectivity index is 1.56. The fraction of sp³-hybridized carbons (Fsp3) is 0.154. The molecule has 34 heavy (non-hydrogen) atoms. The van der Waals surface area contributed by atoms with E-state index in [-0.39, 0.29) is 11.9 Å². The lowest BCUT2D eigenvalue weighted by molar-refractivity contribution is 0.0949. The minimum absolute atomic E-state index is 0.270. The predicted octanol–water partition coefficient (Wildman–Crippen LogP) is 5.24. The molecule has 8 heteroatoms. The first-order valence-corrected chi connectivity index (χ1v) is 11.2. The third kappa shape index (κ3) is 5.15. The molecule has 172 valence electrons. The normalized spacial score (nSPS) is 12.6. The number of hydrogen-bond acceptors (Lipinski definition) is 4. The molecule has 1 N–H and O–H groups in total. The van der Waals surface area contributed by atoms with Crippen LogP contribution in [0.25, 0.3) is 16.6 Å². The van der Waals surface area contributed by atoms with Gasteiger partial charge in [0.2, 0.25) is 0 Å². The summed E-state index contributed by atoms with van der Waals surface area (Å²) in [5.74, 6) is -0.275. The number of hydrogen-bond donors (Lipinski definition) is 1. The van der Waals surface area contributed by atoms with Crippen LogP contribution < -0.4 is 5.32 Å². The van der Waals surface area contributed by atoms with Crippen LogP contribution in [0.15, 0.2) is 91.7 Å². The summed E-state index contributed by atoms with van der Waals surface area (Å²) in [4.78, 5) is 13.0. The molecule has 0 aliphatic rings. The molecule has 2 aromatic carbocycles. The van der Waals surface area contributed by atoms with Crippen LogP contribution in [0.1, 0.15) is 28.9 Å². The molecule has 0 saturated heterocycles. The van der Waals surface area contributed by atoms with Gasteiger partial charge in [0.25, 0.3) is 5.91 Å². The molecule has 2 heterocycles. The van der Waals surface area contributed by atoms with Crippen LogP contribution in [0, 0.1) is 6.92 Å². The molecule has 7 nitrogen and oxygen atoms in total. The molecule has 0 aliphatic carbocycles. The zero-order chi connectivity index (χ0) is 24.1. The number of allylic oxidation sites excluding steroid dienone is 4. The van der Waals surface area contributed by atoms with Crippen molar-refractivity contribution in [2.75, 3.05) is 6.54 Å². The molecule has 0 aliphatic heterocycles. The summed E-state index contributed by atoms with van der Waals surface area (Å²) in [6.07, 6.45) is 12.8. The molecule has 0 unspecified atom stereocenters. The van der Waals surface area contributed by atoms with Gasteiger partial charge in [0, 0.05) is 23.8 Å². The van der Waals surface area contributed by atoms with E-state index in [9.17, 15) is 4.79 Å². The molecule has 0 spiro atoms. The Morgan fingerprint density at radius 3 is 2.71 bits per heavy atom. The number of fused-ring (bicyclic) bond motifs is 1. The summed E-state index contributed by atoms with van der Waals surface area (Å²) in [5.41, 5.74) is 4.02. The number of aryl methyl sites for hydroxylation is 1. The van der Waals surface area contributed by atoms with Gasteiger partial charge in [0.15, 0.2) is 0 Å². The highest BCUT2D eigenvalue weighted by atomic mass is 35.5. The van der Waals surface area contributed by atoms with Crippen molar-refractivity contribution >= 4 is 28.4 Å². The van der Waals surface area contributed by atoms with E-state index >= 15 is 0 Å². The Kier molecular flexibility index (Phi) is 7.04. The Labute approximate surface area is 203 Å². The van der Waals surface area contributed by atoms with E-state index < -0.39 is 0 Å². The van der Waals surface area contributed by atoms with Gasteiger partial charge < -0.3 is 5.32 Å². The number of rotatable bonds is 8. The molecule has 1 amide bonds. The Bertz CT molecular complexity index is 1380. The van der Waals surface area contributed by atoms with Gasteiger partial charge in [-0.1, -0.05) is 54.1 Å². The maximum Gasteiger partial charge on any atom is 0.252 e. The van der Waals surface area contributed by atoms with E-state index in [0.29, 0.717) is 17.1 Å². The molecule has 0 saturated carbocycles. The van der Waals surface area contributed by atoms with Gasteiger partial charge in [-0.05, 0) is 49.8 Å². The van der Waals surface area contributed by atoms with Crippen LogP contribution in [-0.4, -0.2) is 37.0 Å². The first kappa shape index (κ1) is 23.2. The Morgan fingerprint density at radius 2 is 1.97 bits per heavy atom. The van der Waals surface area contributed by atoms with Crippen molar-refractivity contribution in [3.05, 3.63) is 108 Å². The van der Waals surface area contributed by atoms with Gasteiger partial charge in [0.05, 0.1) is 22.1 Å². The van der Waals surface area contributed by atoms with Crippen LogP contribution in [-0.2, 0) is 0 Å². The largest absolute Gasteiger partial charge is 0.349 e. The zero-order valence-corrected chi connectivity index (χ0v) is 19.8. The van der Waals surface area contributed by atoms with Crippen LogP contribution >= 0.6 is 11.6 Å². The standard InChI is InChI=1S/C26H25ClN6O/c1-4-5-6-7-19(3)25(33-15-20-12-18(2)8-11-24(20)31-33)14-28-26(34)22-10-9-21(13-23(22)27)32-16-29-30-17-32/h4-13,15-17,25H,3,14H2,1-2H3,(H,28,34)/b5-4-,7-6-/t25-/m0/s1. The van der Waals surface area contributed by atoms with E-state index in [4.69, 9.17) is 16.7 Å². The number of benzene rings is 2. The average molecular weight is 473 g/mol. The molecule has 0 bridgehead atoms. The lowest BCUT2D eigenvalue weighted by atomic mass is 10.1. The first-order chi connectivity index (χ1) is 16.5. The third-order valence-electron chi connectivity index (χ3n) is 5.41. The fourth-order valence-electron chi connectivity index (χ4n) is 3.59. The van der Waals surface area contributed by atoms with Gasteiger partial charge in [0.1, 0.15) is 12.7 Å². The molecular formula is C26H25ClN6O. The number of carbonyl (C=O) groups is 1. The third-order valence-corrected chi connectivity index (χ3v) is 5.72. The van der Waals surface area contributed by atoms with Crippen LogP contribution in [0.4, 0.5) is 0 Å². The second-order valence-corrected chi connectivity index (χ2v) is 8.30. The highest BCUT2D eigenvalue weighted by Crippen LogP contribution is 2.23. The van der Waals surface area contributed by atoms with Crippen molar-refractivity contribution in [3.63, 3.8) is 0 Å². The molecule has 4 rings (SSSR count). The lowest BCUT2D eigenvalue weighted by Gasteiger charge is -2.19. The summed E-state index contributed by atoms with van der Waals surface area (Å²) < 4.78 is 3.57. The number of carbonyl (C=O) groups excluding carboxylic acids is 1. The van der Waals surface area contributed by atoms with Crippen molar-refractivity contribution in [3.8, 4) is 5.69 Å². The average Bonchev–Trinajstić information content (AvgIpc) is 3.49. The van der Waals surface area contributed by atoms with Crippen LogP contribution in [0.3, 0.4) is 0 Å². The Hall–Kier alpha value is -3.97. The van der Waals surface area contributed by atoms with Gasteiger partial charge in [-0.25, -0.2) is 0 Å². The second kappa shape index (κ2) is 10.3. The fourth-order valence-corrected chi connectivity index (χ4v) is 3.85. The summed E-state index contributed by atoms with van der Waals surface area (Å²) in [7, 11) is 0.